The van der Waals surface area contributed by atoms with Crippen LogP contribution >= 0.6 is 0 Å². The molecule has 1 fully saturated rings. The molecule has 1 N–H and O–H groups in total. The van der Waals surface area contributed by atoms with Crippen LogP contribution in [0.3, 0.4) is 0 Å². The van der Waals surface area contributed by atoms with Crippen LogP contribution < -0.4 is 0 Å². The summed E-state index contributed by atoms with van der Waals surface area (Å²) in [6.45, 7) is 2.47. The molecule has 1 saturated heterocycles. The first kappa shape index (κ1) is 20.2. The zero-order chi connectivity index (χ0) is 19.2. The number of carbonyl (C=O) groups excluding carboxylic acids is 2. The molecule has 142 valence electrons. The average molecular weight is 363 g/mol. The number of aliphatic hydroxyl groups excluding tert-OH is 1. The van der Waals surface area contributed by atoms with Crippen molar-refractivity contribution in [2.75, 3.05) is 6.54 Å². The topological polar surface area (TPSA) is 97.5 Å². The van der Waals surface area contributed by atoms with Crippen LogP contribution in [0.4, 0.5) is 5.69 Å². The number of nitro groups is 1. The second-order valence-electron chi connectivity index (χ2n) is 7.12. The Balaban J connectivity index is 1.79. The molecule has 1 aromatic carbocycles. The second-order valence-corrected chi connectivity index (χ2v) is 7.12. The fourth-order valence-corrected chi connectivity index (χ4v) is 3.76. The number of nitro benzene ring substituents is 1. The van der Waals surface area contributed by atoms with Crippen molar-refractivity contribution in [1.82, 2.24) is 0 Å². The number of hydrogen-bond donors (Lipinski definition) is 1. The van der Waals surface area contributed by atoms with Gasteiger partial charge in [-0.3, -0.25) is 10.1 Å². The van der Waals surface area contributed by atoms with Crippen molar-refractivity contribution in [2.45, 2.75) is 64.0 Å². The van der Waals surface area contributed by atoms with E-state index >= 15 is 0 Å². The van der Waals surface area contributed by atoms with Crippen LogP contribution in [0.1, 0.15) is 51.0 Å². The second kappa shape index (κ2) is 9.00. The van der Waals surface area contributed by atoms with Crippen molar-refractivity contribution in [3.05, 3.63) is 39.9 Å². The van der Waals surface area contributed by atoms with E-state index in [1.807, 2.05) is 6.92 Å². The molecule has 3 atom stereocenters. The minimum absolute atomic E-state index is 0.00997. The summed E-state index contributed by atoms with van der Waals surface area (Å²) in [5.41, 5.74) is 0.745. The van der Waals surface area contributed by atoms with Crippen molar-refractivity contribution >= 4 is 18.0 Å². The Labute approximate surface area is 153 Å². The summed E-state index contributed by atoms with van der Waals surface area (Å²) >= 11 is 0. The lowest BCUT2D eigenvalue weighted by molar-refractivity contribution is -0.780. The molecule has 0 aliphatic carbocycles. The Morgan fingerprint density at radius 2 is 2.15 bits per heavy atom. The third-order valence-electron chi connectivity index (χ3n) is 5.45. The van der Waals surface area contributed by atoms with Crippen LogP contribution in [0, 0.1) is 10.1 Å². The molecule has 26 heavy (non-hydrogen) atoms. The monoisotopic (exact) mass is 363 g/mol. The van der Waals surface area contributed by atoms with Gasteiger partial charge in [-0.25, -0.2) is 9.59 Å². The number of quaternary nitrogens is 1. The first-order chi connectivity index (χ1) is 12.4. The molecule has 1 aliphatic heterocycles. The van der Waals surface area contributed by atoms with Crippen molar-refractivity contribution < 1.29 is 24.1 Å². The number of rotatable bonds is 9. The maximum atomic E-state index is 12.5. The van der Waals surface area contributed by atoms with Crippen LogP contribution in [0.15, 0.2) is 24.3 Å². The third kappa shape index (κ3) is 4.53. The summed E-state index contributed by atoms with van der Waals surface area (Å²) in [7, 11) is 0. The number of nitrogens with zero attached hydrogens (tertiary/aromatic N) is 2. The molecule has 1 aromatic rings. The zero-order valence-electron chi connectivity index (χ0n) is 15.2. The van der Waals surface area contributed by atoms with Gasteiger partial charge < -0.3 is 5.11 Å². The molecule has 2 rings (SSSR count). The smallest absolute Gasteiger partial charge is 0.321 e. The Bertz CT molecular complexity index is 663. The first-order valence-electron chi connectivity index (χ1n) is 9.18. The predicted octanol–water partition coefficient (Wildman–Crippen LogP) is 2.74. The highest BCUT2D eigenvalue weighted by Crippen LogP contribution is 2.27. The van der Waals surface area contributed by atoms with Gasteiger partial charge in [-0.1, -0.05) is 18.2 Å². The normalized spacial score (nSPS) is 23.5. The van der Waals surface area contributed by atoms with Crippen LogP contribution in [0.5, 0.6) is 0 Å². The number of aryl methyl sites for hydroxylation is 1. The van der Waals surface area contributed by atoms with E-state index in [9.17, 15) is 24.8 Å². The number of hydrogen-bond acceptors (Lipinski definition) is 5. The highest BCUT2D eigenvalue weighted by atomic mass is 16.6. The molecule has 0 saturated carbocycles. The van der Waals surface area contributed by atoms with E-state index in [1.54, 1.807) is 18.2 Å². The molecule has 0 spiro atoms. The van der Waals surface area contributed by atoms with Crippen molar-refractivity contribution in [3.63, 3.8) is 0 Å². The molecule has 7 nitrogen and oxygen atoms in total. The number of aliphatic hydroxyl groups is 1. The summed E-state index contributed by atoms with van der Waals surface area (Å²) in [6.07, 6.45) is 3.90. The maximum absolute atomic E-state index is 12.5. The molecule has 0 radical (unpaired) electrons. The van der Waals surface area contributed by atoms with Gasteiger partial charge in [0.15, 0.2) is 0 Å². The molecule has 0 bridgehead atoms. The van der Waals surface area contributed by atoms with Gasteiger partial charge in [-0.05, 0) is 32.6 Å². The van der Waals surface area contributed by atoms with Crippen molar-refractivity contribution in [3.8, 4) is 0 Å². The van der Waals surface area contributed by atoms with Crippen molar-refractivity contribution in [2.24, 2.45) is 0 Å². The van der Waals surface area contributed by atoms with Gasteiger partial charge in [0.25, 0.3) is 5.69 Å². The van der Waals surface area contributed by atoms with E-state index in [0.29, 0.717) is 37.8 Å². The van der Waals surface area contributed by atoms with E-state index < -0.39 is 11.0 Å². The van der Waals surface area contributed by atoms with E-state index in [0.717, 1.165) is 19.3 Å². The predicted molar refractivity (Wildman–Crippen MR) is 96.2 cm³/mol. The lowest BCUT2D eigenvalue weighted by Crippen LogP contribution is -2.54. The SMILES string of the molecule is C[C@@H]1CCC[N+]1(C=O)C(=O)CCC(O)CCCc1ccccc1[N+](=O)[O-]. The van der Waals surface area contributed by atoms with E-state index in [1.165, 1.54) is 6.07 Å². The Morgan fingerprint density at radius 1 is 1.42 bits per heavy atom. The summed E-state index contributed by atoms with van der Waals surface area (Å²) in [5, 5.41) is 21.1. The minimum atomic E-state index is -0.647. The standard InChI is InChI=1S/C19H27N2O5/c1-15-6-5-13-21(15,14-22)19(24)12-11-17(23)9-4-8-16-7-2-3-10-18(16)20(25)26/h2-3,7,10,14-15,17,23H,4-6,8-9,11-13H2,1H3/q+1/t15-,17?,21?/m1/s1. The number of likely N-dealkylation sites (tertiary alicyclic amines) is 1. The van der Waals surface area contributed by atoms with Gasteiger partial charge in [0.05, 0.1) is 24.0 Å². The summed E-state index contributed by atoms with van der Waals surface area (Å²) in [5.74, 6) is -0.122. The molecule has 0 aromatic heterocycles. The molecule has 1 heterocycles. The fraction of sp³-hybridized carbons (Fsp3) is 0.579. The van der Waals surface area contributed by atoms with Gasteiger partial charge in [0.2, 0.25) is 0 Å². The lowest BCUT2D eigenvalue weighted by atomic mass is 10.0. The number of amides is 2. The molecular weight excluding hydrogens is 336 g/mol. The fourth-order valence-electron chi connectivity index (χ4n) is 3.76. The summed E-state index contributed by atoms with van der Waals surface area (Å²) in [6, 6.07) is 6.60. The molecule has 1 aliphatic rings. The van der Waals surface area contributed by atoms with Gasteiger partial charge in [0, 0.05) is 24.5 Å². The highest BCUT2D eigenvalue weighted by Gasteiger charge is 2.45. The Morgan fingerprint density at radius 3 is 2.77 bits per heavy atom. The van der Waals surface area contributed by atoms with E-state index in [-0.39, 0.29) is 28.5 Å². The van der Waals surface area contributed by atoms with Gasteiger partial charge >= 0.3 is 12.3 Å². The van der Waals surface area contributed by atoms with Gasteiger partial charge in [-0.15, -0.1) is 0 Å². The Hall–Kier alpha value is -2.12. The average Bonchev–Trinajstić information content (AvgIpc) is 3.01. The molecule has 2 amide bonds. The van der Waals surface area contributed by atoms with Gasteiger partial charge in [0.1, 0.15) is 6.04 Å². The largest absolute Gasteiger partial charge is 0.393 e. The number of imide groups is 1. The van der Waals surface area contributed by atoms with E-state index in [4.69, 9.17) is 0 Å². The quantitative estimate of drug-likeness (QED) is 0.315. The van der Waals surface area contributed by atoms with Crippen LogP contribution in [0.2, 0.25) is 0 Å². The summed E-state index contributed by atoms with van der Waals surface area (Å²) in [4.78, 5) is 34.6. The number of para-hydroxylation sites is 1. The zero-order valence-corrected chi connectivity index (χ0v) is 15.2. The lowest BCUT2D eigenvalue weighted by Gasteiger charge is -2.29. The van der Waals surface area contributed by atoms with Crippen LogP contribution in [-0.4, -0.2) is 45.5 Å². The van der Waals surface area contributed by atoms with Gasteiger partial charge in [-0.2, -0.15) is 4.48 Å². The van der Waals surface area contributed by atoms with Crippen LogP contribution in [0.25, 0.3) is 0 Å². The number of benzene rings is 1. The first-order valence-corrected chi connectivity index (χ1v) is 9.18. The highest BCUT2D eigenvalue weighted by molar-refractivity contribution is 5.76. The molecule has 7 heteroatoms. The molecular formula is C19H27N2O5+. The van der Waals surface area contributed by atoms with Crippen LogP contribution in [-0.2, 0) is 16.0 Å². The molecule has 2 unspecified atom stereocenters. The third-order valence-corrected chi connectivity index (χ3v) is 5.45. The van der Waals surface area contributed by atoms with E-state index in [2.05, 4.69) is 0 Å². The Kier molecular flexibility index (Phi) is 6.99. The maximum Gasteiger partial charge on any atom is 0.321 e. The minimum Gasteiger partial charge on any atom is -0.393 e. The summed E-state index contributed by atoms with van der Waals surface area (Å²) < 4.78 is -0.122. The van der Waals surface area contributed by atoms with Crippen molar-refractivity contribution in [1.29, 1.82) is 0 Å². The number of carbonyl (C=O) groups is 2.